The predicted molar refractivity (Wildman–Crippen MR) is 85.1 cm³/mol. The smallest absolute Gasteiger partial charge is 0.306 e. The van der Waals surface area contributed by atoms with E-state index < -0.39 is 16.4 Å². The van der Waals surface area contributed by atoms with E-state index in [1.165, 1.54) is 27.4 Å². The highest BCUT2D eigenvalue weighted by Crippen LogP contribution is 2.37. The minimum absolute atomic E-state index is 0.317. The Labute approximate surface area is 137 Å². The molecule has 0 radical (unpaired) electrons. The van der Waals surface area contributed by atoms with Gasteiger partial charge in [-0.3, -0.25) is 10.1 Å². The van der Waals surface area contributed by atoms with Gasteiger partial charge in [-0.05, 0) is 24.3 Å². The monoisotopic (exact) mass is 331 g/mol. The first-order valence-electron chi connectivity index (χ1n) is 6.76. The molecule has 0 saturated heterocycles. The molecule has 0 aliphatic carbocycles. The number of hydrogen-bond acceptors (Lipinski definition) is 5. The van der Waals surface area contributed by atoms with Gasteiger partial charge in [0.15, 0.2) is 11.5 Å². The van der Waals surface area contributed by atoms with Gasteiger partial charge in [-0.2, -0.15) is 4.39 Å². The van der Waals surface area contributed by atoms with Crippen LogP contribution in [0.5, 0.6) is 17.2 Å². The molecule has 0 bridgehead atoms. The fraction of sp³-hybridized carbons (Fsp3) is 0.176. The fourth-order valence-corrected chi connectivity index (χ4v) is 2.03. The van der Waals surface area contributed by atoms with Crippen LogP contribution in [0.2, 0.25) is 0 Å². The third kappa shape index (κ3) is 3.55. The first-order valence-corrected chi connectivity index (χ1v) is 6.76. The molecule has 0 aliphatic heterocycles. The molecular weight excluding hydrogens is 317 g/mol. The van der Waals surface area contributed by atoms with Gasteiger partial charge in [0.25, 0.3) is 0 Å². The molecule has 7 heteroatoms. The minimum atomic E-state index is -0.904. The van der Waals surface area contributed by atoms with Gasteiger partial charge in [-0.15, -0.1) is 0 Å². The summed E-state index contributed by atoms with van der Waals surface area (Å²) in [5, 5.41) is 10.8. The zero-order valence-electron chi connectivity index (χ0n) is 13.3. The van der Waals surface area contributed by atoms with Crippen LogP contribution in [0, 0.1) is 27.8 Å². The van der Waals surface area contributed by atoms with E-state index in [0.29, 0.717) is 28.4 Å². The quantitative estimate of drug-likeness (QED) is 0.489. The molecule has 2 aromatic carbocycles. The van der Waals surface area contributed by atoms with E-state index in [-0.39, 0.29) is 0 Å². The van der Waals surface area contributed by atoms with Crippen molar-refractivity contribution in [3.8, 4) is 29.1 Å². The van der Waals surface area contributed by atoms with Crippen molar-refractivity contribution >= 4 is 5.69 Å². The normalized spacial score (nSPS) is 9.67. The summed E-state index contributed by atoms with van der Waals surface area (Å²) >= 11 is 0. The van der Waals surface area contributed by atoms with Gasteiger partial charge < -0.3 is 14.2 Å². The number of halogens is 1. The van der Waals surface area contributed by atoms with E-state index in [1.54, 1.807) is 12.1 Å². The molecule has 6 nitrogen and oxygen atoms in total. The van der Waals surface area contributed by atoms with Gasteiger partial charge in [-0.25, -0.2) is 0 Å². The lowest BCUT2D eigenvalue weighted by Gasteiger charge is -2.12. The van der Waals surface area contributed by atoms with Crippen LogP contribution in [-0.4, -0.2) is 26.3 Å². The molecule has 0 N–H and O–H groups in total. The molecule has 0 unspecified atom stereocenters. The molecule has 0 aliphatic rings. The Bertz CT molecular complexity index is 814. The lowest BCUT2D eigenvalue weighted by molar-refractivity contribution is -0.387. The first kappa shape index (κ1) is 17.1. The number of nitrogens with zero attached hydrogens (tertiary/aromatic N) is 1. The average molecular weight is 331 g/mol. The number of nitro benzene ring substituents is 1. The zero-order chi connectivity index (χ0) is 17.7. The van der Waals surface area contributed by atoms with Gasteiger partial charge >= 0.3 is 5.69 Å². The molecular formula is C17H14FNO5. The summed E-state index contributed by atoms with van der Waals surface area (Å²) in [5.41, 5.74) is 0.250. The number of hydrogen-bond donors (Lipinski definition) is 0. The summed E-state index contributed by atoms with van der Waals surface area (Å²) in [5.74, 6) is 5.99. The maximum absolute atomic E-state index is 13.3. The number of methoxy groups -OCH3 is 3. The van der Waals surface area contributed by atoms with Crippen molar-refractivity contribution in [3.63, 3.8) is 0 Å². The second kappa shape index (κ2) is 7.33. The Kier molecular flexibility index (Phi) is 5.22. The van der Waals surface area contributed by atoms with E-state index >= 15 is 0 Å². The van der Waals surface area contributed by atoms with Crippen LogP contribution in [0.4, 0.5) is 10.1 Å². The maximum Gasteiger partial charge on any atom is 0.306 e. The molecule has 0 atom stereocenters. The predicted octanol–water partition coefficient (Wildman–Crippen LogP) is 3.16. The summed E-state index contributed by atoms with van der Waals surface area (Å²) in [7, 11) is 4.46. The van der Waals surface area contributed by atoms with Crippen LogP contribution >= 0.6 is 0 Å². The second-order valence-corrected chi connectivity index (χ2v) is 4.59. The Balaban J connectivity index is 2.44. The highest BCUT2D eigenvalue weighted by molar-refractivity contribution is 5.58. The SMILES string of the molecule is COc1cc(C#Cc2ccc(F)c([N+](=O)[O-])c2)cc(OC)c1OC. The van der Waals surface area contributed by atoms with Crippen LogP contribution in [0.3, 0.4) is 0 Å². The Morgan fingerprint density at radius 1 is 0.958 bits per heavy atom. The van der Waals surface area contributed by atoms with E-state index in [4.69, 9.17) is 14.2 Å². The van der Waals surface area contributed by atoms with Crippen molar-refractivity contribution in [2.24, 2.45) is 0 Å². The Morgan fingerprint density at radius 2 is 1.54 bits per heavy atom. The zero-order valence-corrected chi connectivity index (χ0v) is 13.3. The van der Waals surface area contributed by atoms with Gasteiger partial charge in [0.05, 0.1) is 26.3 Å². The van der Waals surface area contributed by atoms with Crippen molar-refractivity contribution < 1.29 is 23.5 Å². The number of benzene rings is 2. The van der Waals surface area contributed by atoms with Crippen LogP contribution in [-0.2, 0) is 0 Å². The van der Waals surface area contributed by atoms with E-state index in [0.717, 1.165) is 12.1 Å². The maximum atomic E-state index is 13.3. The van der Waals surface area contributed by atoms with Gasteiger partial charge in [0.1, 0.15) is 0 Å². The van der Waals surface area contributed by atoms with Crippen LogP contribution in [0.15, 0.2) is 30.3 Å². The molecule has 0 amide bonds. The van der Waals surface area contributed by atoms with Crippen molar-refractivity contribution in [1.29, 1.82) is 0 Å². The number of nitro groups is 1. The molecule has 124 valence electrons. The molecule has 2 rings (SSSR count). The Hall–Kier alpha value is -3.27. The van der Waals surface area contributed by atoms with Gasteiger partial charge in [0.2, 0.25) is 11.6 Å². The van der Waals surface area contributed by atoms with Gasteiger partial charge in [-0.1, -0.05) is 11.8 Å². The summed E-state index contributed by atoms with van der Waals surface area (Å²) in [4.78, 5) is 9.96. The number of ether oxygens (including phenoxy) is 3. The summed E-state index contributed by atoms with van der Waals surface area (Å²) in [6, 6.07) is 6.75. The van der Waals surface area contributed by atoms with Crippen LogP contribution in [0.1, 0.15) is 11.1 Å². The van der Waals surface area contributed by atoms with Crippen molar-refractivity contribution in [2.75, 3.05) is 21.3 Å². The average Bonchev–Trinajstić information content (AvgIpc) is 2.59. The minimum Gasteiger partial charge on any atom is -0.493 e. The van der Waals surface area contributed by atoms with Gasteiger partial charge in [0, 0.05) is 17.2 Å². The first-order chi connectivity index (χ1) is 11.5. The molecule has 0 saturated carbocycles. The summed E-state index contributed by atoms with van der Waals surface area (Å²) in [6.45, 7) is 0. The highest BCUT2D eigenvalue weighted by atomic mass is 19.1. The summed E-state index contributed by atoms with van der Waals surface area (Å²) < 4.78 is 29.0. The largest absolute Gasteiger partial charge is 0.493 e. The van der Waals surface area contributed by atoms with Crippen LogP contribution < -0.4 is 14.2 Å². The lowest BCUT2D eigenvalue weighted by atomic mass is 10.1. The third-order valence-electron chi connectivity index (χ3n) is 3.16. The van der Waals surface area contributed by atoms with Crippen molar-refractivity contribution in [3.05, 3.63) is 57.4 Å². The van der Waals surface area contributed by atoms with E-state index in [1.807, 2.05) is 0 Å². The fourth-order valence-electron chi connectivity index (χ4n) is 2.03. The Morgan fingerprint density at radius 3 is 2.04 bits per heavy atom. The molecule has 0 aromatic heterocycles. The standard InChI is InChI=1S/C17H14FNO5/c1-22-15-9-12(10-16(23-2)17(15)24-3)5-4-11-6-7-13(18)14(8-11)19(20)21/h6-10H,1-3H3. The van der Waals surface area contributed by atoms with E-state index in [2.05, 4.69) is 11.8 Å². The molecule has 2 aromatic rings. The third-order valence-corrected chi connectivity index (χ3v) is 3.16. The van der Waals surface area contributed by atoms with Crippen molar-refractivity contribution in [2.45, 2.75) is 0 Å². The van der Waals surface area contributed by atoms with E-state index in [9.17, 15) is 14.5 Å². The highest BCUT2D eigenvalue weighted by Gasteiger charge is 2.14. The number of rotatable bonds is 4. The molecule has 0 fully saturated rings. The van der Waals surface area contributed by atoms with Crippen molar-refractivity contribution in [1.82, 2.24) is 0 Å². The summed E-state index contributed by atoms with van der Waals surface area (Å²) in [6.07, 6.45) is 0. The lowest BCUT2D eigenvalue weighted by Crippen LogP contribution is -1.96. The van der Waals surface area contributed by atoms with Crippen LogP contribution in [0.25, 0.3) is 0 Å². The molecule has 24 heavy (non-hydrogen) atoms. The molecule has 0 heterocycles. The molecule has 0 spiro atoms. The topological polar surface area (TPSA) is 70.8 Å². The second-order valence-electron chi connectivity index (χ2n) is 4.59.